The van der Waals surface area contributed by atoms with Crippen LogP contribution < -0.4 is 20.5 Å². The van der Waals surface area contributed by atoms with Gasteiger partial charge in [-0.2, -0.15) is 0 Å². The van der Waals surface area contributed by atoms with Gasteiger partial charge in [0, 0.05) is 17.5 Å². The van der Waals surface area contributed by atoms with Crippen molar-refractivity contribution in [1.29, 1.82) is 0 Å². The van der Waals surface area contributed by atoms with Crippen molar-refractivity contribution >= 4 is 17.7 Å². The van der Waals surface area contributed by atoms with E-state index < -0.39 is 34.4 Å². The first kappa shape index (κ1) is 18.0. The molecule has 0 saturated carbocycles. The van der Waals surface area contributed by atoms with Gasteiger partial charge in [0.1, 0.15) is 5.75 Å². The molecule has 1 heterocycles. The number of rotatable bonds is 5. The minimum absolute atomic E-state index is 0.0800. The van der Waals surface area contributed by atoms with Crippen LogP contribution in [0.2, 0.25) is 0 Å². The van der Waals surface area contributed by atoms with E-state index in [1.165, 1.54) is 20.1 Å². The van der Waals surface area contributed by atoms with Crippen molar-refractivity contribution in [3.8, 4) is 11.5 Å². The zero-order chi connectivity index (χ0) is 18.7. The molecule has 0 radical (unpaired) electrons. The van der Waals surface area contributed by atoms with Crippen LogP contribution in [-0.2, 0) is 9.53 Å². The first-order chi connectivity index (χ1) is 11.8. The maximum atomic E-state index is 12.2. The van der Waals surface area contributed by atoms with Gasteiger partial charge in [-0.25, -0.2) is 9.59 Å². The molecular formula is C15H16N3O7-. The summed E-state index contributed by atoms with van der Waals surface area (Å²) >= 11 is 0. The molecule has 1 aliphatic rings. The number of urea groups is 1. The van der Waals surface area contributed by atoms with E-state index in [-0.39, 0.29) is 29.2 Å². The predicted molar refractivity (Wildman–Crippen MR) is 82.8 cm³/mol. The van der Waals surface area contributed by atoms with Gasteiger partial charge < -0.3 is 25.2 Å². The summed E-state index contributed by atoms with van der Waals surface area (Å²) in [5, 5.41) is 28.0. The number of nitro benzene ring substituents is 1. The molecule has 1 atom stereocenters. The van der Waals surface area contributed by atoms with Crippen LogP contribution in [0, 0.1) is 10.1 Å². The minimum Gasteiger partial charge on any atom is -0.865 e. The third-order valence-electron chi connectivity index (χ3n) is 3.57. The summed E-state index contributed by atoms with van der Waals surface area (Å²) in [6.45, 7) is 3.24. The zero-order valence-electron chi connectivity index (χ0n) is 13.7. The Morgan fingerprint density at radius 3 is 2.64 bits per heavy atom. The highest BCUT2D eigenvalue weighted by Crippen LogP contribution is 2.39. The van der Waals surface area contributed by atoms with Crippen molar-refractivity contribution in [1.82, 2.24) is 10.6 Å². The second-order valence-electron chi connectivity index (χ2n) is 5.12. The van der Waals surface area contributed by atoms with Crippen LogP contribution in [0.4, 0.5) is 10.5 Å². The fourth-order valence-corrected chi connectivity index (χ4v) is 2.49. The highest BCUT2D eigenvalue weighted by molar-refractivity contribution is 5.95. The minimum atomic E-state index is -1.03. The first-order valence-corrected chi connectivity index (χ1v) is 7.28. The number of nitrogens with zero attached hydrogens (tertiary/aromatic N) is 1. The molecule has 0 aromatic heterocycles. The van der Waals surface area contributed by atoms with Crippen molar-refractivity contribution in [2.24, 2.45) is 0 Å². The van der Waals surface area contributed by atoms with Gasteiger partial charge in [-0.15, -0.1) is 0 Å². The lowest BCUT2D eigenvalue weighted by molar-refractivity contribution is -0.398. The number of nitro groups is 1. The Bertz CT molecular complexity index is 773. The molecule has 0 fully saturated rings. The van der Waals surface area contributed by atoms with Gasteiger partial charge in [-0.05, 0) is 25.5 Å². The van der Waals surface area contributed by atoms with Crippen LogP contribution in [-0.4, -0.2) is 30.6 Å². The fraction of sp³-hybridized carbons (Fsp3) is 0.333. The van der Waals surface area contributed by atoms with E-state index in [1.54, 1.807) is 6.92 Å². The van der Waals surface area contributed by atoms with Gasteiger partial charge in [-0.3, -0.25) is 10.1 Å². The van der Waals surface area contributed by atoms with Crippen LogP contribution in [0.15, 0.2) is 23.4 Å². The number of allylic oxidation sites excluding steroid dienone is 1. The molecule has 10 heteroatoms. The zero-order valence-corrected chi connectivity index (χ0v) is 13.7. The maximum absolute atomic E-state index is 12.2. The van der Waals surface area contributed by atoms with E-state index in [2.05, 4.69) is 10.6 Å². The maximum Gasteiger partial charge on any atom is 0.338 e. The Balaban J connectivity index is 2.62. The molecule has 2 rings (SSSR count). The normalized spacial score (nSPS) is 16.8. The molecular weight excluding hydrogens is 334 g/mol. The van der Waals surface area contributed by atoms with Gasteiger partial charge in [-0.1, -0.05) is 0 Å². The monoisotopic (exact) mass is 350 g/mol. The van der Waals surface area contributed by atoms with E-state index in [1.807, 2.05) is 0 Å². The fourth-order valence-electron chi connectivity index (χ4n) is 2.49. The van der Waals surface area contributed by atoms with Gasteiger partial charge in [0.25, 0.3) is 5.69 Å². The van der Waals surface area contributed by atoms with E-state index in [0.29, 0.717) is 0 Å². The van der Waals surface area contributed by atoms with E-state index in [0.717, 1.165) is 6.07 Å². The summed E-state index contributed by atoms with van der Waals surface area (Å²) in [6.07, 6.45) is 0. The summed E-state index contributed by atoms with van der Waals surface area (Å²) in [5.41, 5.74) is -0.236. The number of ether oxygens (including phenoxy) is 2. The molecule has 0 spiro atoms. The van der Waals surface area contributed by atoms with Gasteiger partial charge >= 0.3 is 12.0 Å². The standard InChI is InChI=1S/C15H17N3O7/c1-4-25-14(20)11-7(2)16-15(21)17-12(11)8-5-9(18(22)23)13(19)10(6-8)24-3/h5-6,12,19H,4H2,1-3H3,(H2,16,17,21)/p-1/t12-/m0/s1. The molecule has 0 aliphatic carbocycles. The number of hydrogen-bond donors (Lipinski definition) is 2. The van der Waals surface area contributed by atoms with Crippen LogP contribution in [0.1, 0.15) is 25.5 Å². The van der Waals surface area contributed by atoms with Gasteiger partial charge in [0.2, 0.25) is 0 Å². The third-order valence-corrected chi connectivity index (χ3v) is 3.57. The van der Waals surface area contributed by atoms with Gasteiger partial charge in [0.05, 0.1) is 30.3 Å². The Hall–Kier alpha value is -3.30. The van der Waals surface area contributed by atoms with Crippen molar-refractivity contribution < 1.29 is 29.1 Å². The van der Waals surface area contributed by atoms with Crippen LogP contribution >= 0.6 is 0 Å². The Morgan fingerprint density at radius 2 is 2.08 bits per heavy atom. The third kappa shape index (κ3) is 3.47. The lowest BCUT2D eigenvalue weighted by atomic mass is 9.94. The highest BCUT2D eigenvalue weighted by Gasteiger charge is 2.33. The molecule has 0 saturated heterocycles. The molecule has 1 aliphatic heterocycles. The summed E-state index contributed by atoms with van der Waals surface area (Å²) in [5.74, 6) is -1.85. The van der Waals surface area contributed by atoms with Crippen molar-refractivity contribution in [3.05, 3.63) is 39.1 Å². The van der Waals surface area contributed by atoms with E-state index in [4.69, 9.17) is 9.47 Å². The lowest BCUT2D eigenvalue weighted by Gasteiger charge is -2.28. The molecule has 1 aromatic carbocycles. The van der Waals surface area contributed by atoms with E-state index in [9.17, 15) is 24.8 Å². The average molecular weight is 350 g/mol. The highest BCUT2D eigenvalue weighted by atomic mass is 16.6. The number of benzene rings is 1. The number of hydrogen-bond acceptors (Lipinski definition) is 7. The lowest BCUT2D eigenvalue weighted by Crippen LogP contribution is -2.45. The SMILES string of the molecule is CCOC(=O)C1=C(C)NC(=O)N[C@H]1c1cc(OC)c([O-])c([N+](=O)[O-])c1. The second kappa shape index (κ2) is 7.07. The number of esters is 1. The molecule has 2 amide bonds. The number of amides is 2. The summed E-state index contributed by atoms with van der Waals surface area (Å²) in [6, 6.07) is 0.635. The Kier molecular flexibility index (Phi) is 5.11. The predicted octanol–water partition coefficient (Wildman–Crippen LogP) is 0.868. The molecule has 2 N–H and O–H groups in total. The topological polar surface area (TPSA) is 143 Å². The molecule has 1 aromatic rings. The Labute approximate surface area is 142 Å². The van der Waals surface area contributed by atoms with Crippen LogP contribution in [0.3, 0.4) is 0 Å². The largest absolute Gasteiger partial charge is 0.865 e. The second-order valence-corrected chi connectivity index (χ2v) is 5.12. The van der Waals surface area contributed by atoms with E-state index >= 15 is 0 Å². The average Bonchev–Trinajstić information content (AvgIpc) is 2.54. The van der Waals surface area contributed by atoms with Crippen molar-refractivity contribution in [2.75, 3.05) is 13.7 Å². The number of methoxy groups -OCH3 is 1. The number of carbonyl (C=O) groups excluding carboxylic acids is 2. The first-order valence-electron chi connectivity index (χ1n) is 7.28. The molecule has 0 bridgehead atoms. The molecule has 134 valence electrons. The Morgan fingerprint density at radius 1 is 1.40 bits per heavy atom. The number of nitrogens with one attached hydrogen (secondary N) is 2. The molecule has 10 nitrogen and oxygen atoms in total. The summed E-state index contributed by atoms with van der Waals surface area (Å²) < 4.78 is 9.87. The smallest absolute Gasteiger partial charge is 0.338 e. The van der Waals surface area contributed by atoms with Crippen molar-refractivity contribution in [3.63, 3.8) is 0 Å². The summed E-state index contributed by atoms with van der Waals surface area (Å²) in [7, 11) is 1.19. The molecule has 25 heavy (non-hydrogen) atoms. The number of carbonyl (C=O) groups is 2. The molecule has 0 unspecified atom stereocenters. The quantitative estimate of drug-likeness (QED) is 0.455. The van der Waals surface area contributed by atoms with Gasteiger partial charge in [0.15, 0.2) is 0 Å². The van der Waals surface area contributed by atoms with Crippen LogP contribution in [0.5, 0.6) is 11.5 Å². The van der Waals surface area contributed by atoms with Crippen molar-refractivity contribution in [2.45, 2.75) is 19.9 Å². The summed E-state index contributed by atoms with van der Waals surface area (Å²) in [4.78, 5) is 34.3. The van der Waals surface area contributed by atoms with Crippen LogP contribution in [0.25, 0.3) is 0 Å².